The monoisotopic (exact) mass is 497 g/mol. The smallest absolute Gasteiger partial charge is 0.167 e. The maximum atomic E-state index is 11.9. The highest BCUT2D eigenvalue weighted by Crippen LogP contribution is 2.13. The molecule has 0 aromatic rings. The van der Waals surface area contributed by atoms with Crippen molar-refractivity contribution in [1.29, 1.82) is 0 Å². The van der Waals surface area contributed by atoms with Crippen molar-refractivity contribution in [2.45, 2.75) is 116 Å². The summed E-state index contributed by atoms with van der Waals surface area (Å²) in [6.07, 6.45) is 19.6. The van der Waals surface area contributed by atoms with Crippen LogP contribution in [0.25, 0.3) is 0 Å². The van der Waals surface area contributed by atoms with Crippen LogP contribution in [0.3, 0.4) is 0 Å². The van der Waals surface area contributed by atoms with E-state index in [1.807, 2.05) is 0 Å². The molecular weight excluding hydrogens is 453 g/mol. The average Bonchev–Trinajstić information content (AvgIpc) is 2.63. The second-order valence-corrected chi connectivity index (χ2v) is 7.58. The van der Waals surface area contributed by atoms with Crippen molar-refractivity contribution >= 4 is 29.8 Å². The van der Waals surface area contributed by atoms with Crippen molar-refractivity contribution in [2.75, 3.05) is 0 Å². The number of Topliss-reactive ketones (excluding diaryl/α,β-unsaturated/α-hetero) is 1. The van der Waals surface area contributed by atoms with Crippen molar-refractivity contribution in [2.24, 2.45) is 11.7 Å². The van der Waals surface area contributed by atoms with Crippen LogP contribution in [0.4, 0.5) is 0 Å². The van der Waals surface area contributed by atoms with Crippen molar-refractivity contribution < 1.29 is 15.0 Å². The fraction of sp³-hybridized carbons (Fsp3) is 0.864. The van der Waals surface area contributed by atoms with Gasteiger partial charge >= 0.3 is 0 Å². The number of hydrogen-bond donors (Lipinski definition) is 3. The van der Waals surface area contributed by atoms with Gasteiger partial charge in [0.05, 0.1) is 6.04 Å². The van der Waals surface area contributed by atoms with Crippen LogP contribution in [-0.2, 0) is 4.79 Å². The molecule has 5 heteroatoms. The van der Waals surface area contributed by atoms with Gasteiger partial charge in [0.15, 0.2) is 6.29 Å². The summed E-state index contributed by atoms with van der Waals surface area (Å²) in [5, 5.41) is 18.0. The number of nitrogens with two attached hydrogens (primary N) is 1. The van der Waals surface area contributed by atoms with E-state index in [0.29, 0.717) is 6.42 Å². The van der Waals surface area contributed by atoms with Gasteiger partial charge in [-0.2, -0.15) is 0 Å². The first kappa shape index (κ1) is 29.2. The number of carbonyl (C=O) groups excluding carboxylic acids is 1. The maximum Gasteiger partial charge on any atom is 0.167 e. The first-order chi connectivity index (χ1) is 12.5. The van der Waals surface area contributed by atoms with Gasteiger partial charge in [-0.25, -0.2) is 0 Å². The van der Waals surface area contributed by atoms with Gasteiger partial charge in [0, 0.05) is 12.3 Å². The molecule has 0 aliphatic carbocycles. The molecule has 0 spiro atoms. The molecule has 4 N–H and O–H groups in total. The highest BCUT2D eigenvalue weighted by molar-refractivity contribution is 14.0. The van der Waals surface area contributed by atoms with Gasteiger partial charge in [-0.15, -0.1) is 24.0 Å². The Kier molecular flexibility index (Phi) is 22.5. The second kappa shape index (κ2) is 20.7. The molecule has 0 aliphatic rings. The number of aliphatic hydroxyl groups is 2. The van der Waals surface area contributed by atoms with Gasteiger partial charge in [0.1, 0.15) is 5.78 Å². The summed E-state index contributed by atoms with van der Waals surface area (Å²) in [4.78, 5) is 11.9. The second-order valence-electron chi connectivity index (χ2n) is 7.58. The van der Waals surface area contributed by atoms with E-state index in [-0.39, 0.29) is 29.8 Å². The van der Waals surface area contributed by atoms with E-state index in [2.05, 4.69) is 19.1 Å². The summed E-state index contributed by atoms with van der Waals surface area (Å²) in [7, 11) is 0. The molecule has 0 fully saturated rings. The minimum Gasteiger partial charge on any atom is -0.367 e. The third-order valence-electron chi connectivity index (χ3n) is 5.11. The highest BCUT2D eigenvalue weighted by Gasteiger charge is 2.24. The van der Waals surface area contributed by atoms with E-state index in [1.165, 1.54) is 57.8 Å². The van der Waals surface area contributed by atoms with E-state index < -0.39 is 18.2 Å². The Bertz CT molecular complexity index is 361. The zero-order valence-corrected chi connectivity index (χ0v) is 19.9. The summed E-state index contributed by atoms with van der Waals surface area (Å²) in [5.41, 5.74) is 5.59. The quantitative estimate of drug-likeness (QED) is 0.101. The van der Waals surface area contributed by atoms with Crippen LogP contribution in [-0.4, -0.2) is 28.3 Å². The lowest BCUT2D eigenvalue weighted by Crippen LogP contribution is -2.43. The highest BCUT2D eigenvalue weighted by atomic mass is 127. The molecule has 4 nitrogen and oxygen atoms in total. The lowest BCUT2D eigenvalue weighted by atomic mass is 9.93. The van der Waals surface area contributed by atoms with Crippen LogP contribution >= 0.6 is 24.0 Å². The number of rotatable bonds is 18. The standard InChI is InChI=1S/C22H43NO3.HI/c1-3-4-5-6-7-8-9-10-11-12-13-14-15-16-17-18-20(24)19(2)21(23)22(25)26;/h10-11,19,21-22,25-26H,3-9,12-18,23H2,1-2H3;1H. The summed E-state index contributed by atoms with van der Waals surface area (Å²) in [6.45, 7) is 3.92. The molecule has 2 atom stereocenters. The van der Waals surface area contributed by atoms with Crippen molar-refractivity contribution in [3.05, 3.63) is 12.2 Å². The minimum absolute atomic E-state index is 0. The molecule has 0 saturated heterocycles. The Labute approximate surface area is 184 Å². The molecule has 0 heterocycles. The van der Waals surface area contributed by atoms with Crippen LogP contribution in [0, 0.1) is 5.92 Å². The van der Waals surface area contributed by atoms with Crippen molar-refractivity contribution in [3.63, 3.8) is 0 Å². The number of unbranched alkanes of at least 4 members (excludes halogenated alkanes) is 11. The Morgan fingerprint density at radius 2 is 1.30 bits per heavy atom. The fourth-order valence-corrected chi connectivity index (χ4v) is 3.07. The predicted octanol–water partition coefficient (Wildman–Crippen LogP) is 5.49. The molecule has 0 aromatic heterocycles. The summed E-state index contributed by atoms with van der Waals surface area (Å²) < 4.78 is 0. The van der Waals surface area contributed by atoms with Gasteiger partial charge in [-0.05, 0) is 32.1 Å². The van der Waals surface area contributed by atoms with Crippen LogP contribution in [0.5, 0.6) is 0 Å². The van der Waals surface area contributed by atoms with Crippen LogP contribution < -0.4 is 5.73 Å². The molecule has 0 saturated carbocycles. The lowest BCUT2D eigenvalue weighted by Gasteiger charge is -2.20. The normalized spacial score (nSPS) is 13.7. The third-order valence-corrected chi connectivity index (χ3v) is 5.11. The molecule has 27 heavy (non-hydrogen) atoms. The Hall–Kier alpha value is 0.0200. The fourth-order valence-electron chi connectivity index (χ4n) is 3.07. The summed E-state index contributed by atoms with van der Waals surface area (Å²) >= 11 is 0. The van der Waals surface area contributed by atoms with Gasteiger partial charge < -0.3 is 15.9 Å². The molecule has 0 aromatic carbocycles. The lowest BCUT2D eigenvalue weighted by molar-refractivity contribution is -0.128. The average molecular weight is 498 g/mol. The molecular formula is C22H44INO3. The maximum absolute atomic E-state index is 11.9. The third kappa shape index (κ3) is 17.8. The van der Waals surface area contributed by atoms with E-state index in [1.54, 1.807) is 6.92 Å². The Balaban J connectivity index is 0. The molecule has 0 rings (SSSR count). The topological polar surface area (TPSA) is 83.6 Å². The number of hydrogen-bond acceptors (Lipinski definition) is 4. The Morgan fingerprint density at radius 3 is 1.78 bits per heavy atom. The first-order valence-corrected chi connectivity index (χ1v) is 10.8. The first-order valence-electron chi connectivity index (χ1n) is 10.8. The SMILES string of the molecule is CCCCCCCCC=CCCCCCCCC(=O)C(C)C(N)C(O)O.I. The number of aliphatic hydroxyl groups excluding tert-OH is 1. The van der Waals surface area contributed by atoms with Gasteiger partial charge in [-0.3, -0.25) is 4.79 Å². The van der Waals surface area contributed by atoms with Crippen LogP contribution in [0.15, 0.2) is 12.2 Å². The number of ketones is 1. The largest absolute Gasteiger partial charge is 0.367 e. The zero-order chi connectivity index (χ0) is 19.6. The van der Waals surface area contributed by atoms with E-state index >= 15 is 0 Å². The molecule has 0 bridgehead atoms. The number of carbonyl (C=O) groups is 1. The van der Waals surface area contributed by atoms with E-state index in [0.717, 1.165) is 25.7 Å². The summed E-state index contributed by atoms with van der Waals surface area (Å²) in [5.74, 6) is -0.463. The number of allylic oxidation sites excluding steroid dienone is 2. The van der Waals surface area contributed by atoms with Crippen LogP contribution in [0.2, 0.25) is 0 Å². The van der Waals surface area contributed by atoms with Gasteiger partial charge in [0.2, 0.25) is 0 Å². The molecule has 0 aliphatic heterocycles. The van der Waals surface area contributed by atoms with E-state index in [9.17, 15) is 4.79 Å². The molecule has 0 amide bonds. The number of halogens is 1. The van der Waals surface area contributed by atoms with Crippen molar-refractivity contribution in [1.82, 2.24) is 0 Å². The molecule has 0 radical (unpaired) electrons. The van der Waals surface area contributed by atoms with Gasteiger partial charge in [0.25, 0.3) is 0 Å². The van der Waals surface area contributed by atoms with Crippen LogP contribution in [0.1, 0.15) is 104 Å². The zero-order valence-electron chi connectivity index (χ0n) is 17.6. The van der Waals surface area contributed by atoms with Gasteiger partial charge in [-0.1, -0.05) is 77.4 Å². The Morgan fingerprint density at radius 1 is 0.852 bits per heavy atom. The van der Waals surface area contributed by atoms with E-state index in [4.69, 9.17) is 15.9 Å². The molecule has 162 valence electrons. The minimum atomic E-state index is -1.62. The summed E-state index contributed by atoms with van der Waals surface area (Å²) in [6, 6.07) is -0.884. The van der Waals surface area contributed by atoms with Crippen molar-refractivity contribution in [3.8, 4) is 0 Å². The predicted molar refractivity (Wildman–Crippen MR) is 125 cm³/mol. The molecule has 2 unspecified atom stereocenters.